The summed E-state index contributed by atoms with van der Waals surface area (Å²) in [6.07, 6.45) is 0. The van der Waals surface area contributed by atoms with Gasteiger partial charge in [0.25, 0.3) is 5.91 Å². The van der Waals surface area contributed by atoms with Gasteiger partial charge in [-0.2, -0.15) is 0 Å². The van der Waals surface area contributed by atoms with Crippen molar-refractivity contribution < 1.29 is 19.1 Å². The first-order valence-electron chi connectivity index (χ1n) is 7.86. The second-order valence-electron chi connectivity index (χ2n) is 6.36. The van der Waals surface area contributed by atoms with Crippen molar-refractivity contribution in [3.8, 4) is 11.5 Å². The zero-order chi connectivity index (χ0) is 18.2. The molecule has 1 aliphatic heterocycles. The number of nitrogens with one attached hydrogen (secondary N) is 2. The van der Waals surface area contributed by atoms with Crippen molar-refractivity contribution in [2.45, 2.75) is 19.3 Å². The molecular weight excluding hydrogens is 320 g/mol. The van der Waals surface area contributed by atoms with Crippen molar-refractivity contribution in [3.05, 3.63) is 47.5 Å². The van der Waals surface area contributed by atoms with Crippen molar-refractivity contribution >= 4 is 23.2 Å². The predicted octanol–water partition coefficient (Wildman–Crippen LogP) is 3.19. The highest BCUT2D eigenvalue weighted by molar-refractivity contribution is 6.09. The molecule has 25 heavy (non-hydrogen) atoms. The third-order valence-electron chi connectivity index (χ3n) is 4.43. The number of hydrogen-bond donors (Lipinski definition) is 2. The SMILES string of the molecule is COc1ccc(NC(=O)c2ccc3c(c2)C(C)(C)C(=O)N3)c(OC)c1. The van der Waals surface area contributed by atoms with Crippen molar-refractivity contribution in [2.75, 3.05) is 24.9 Å². The molecule has 0 bridgehead atoms. The molecule has 2 N–H and O–H groups in total. The van der Waals surface area contributed by atoms with Crippen LogP contribution in [0.5, 0.6) is 11.5 Å². The van der Waals surface area contributed by atoms with Crippen LogP contribution < -0.4 is 20.1 Å². The summed E-state index contributed by atoms with van der Waals surface area (Å²) in [5.74, 6) is 0.794. The number of benzene rings is 2. The van der Waals surface area contributed by atoms with Crippen LogP contribution in [0.1, 0.15) is 29.8 Å². The zero-order valence-electron chi connectivity index (χ0n) is 14.6. The summed E-state index contributed by atoms with van der Waals surface area (Å²) in [7, 11) is 3.09. The Kier molecular flexibility index (Phi) is 4.12. The van der Waals surface area contributed by atoms with Crippen LogP contribution in [0, 0.1) is 0 Å². The van der Waals surface area contributed by atoms with Gasteiger partial charge in [0.15, 0.2) is 0 Å². The quantitative estimate of drug-likeness (QED) is 0.896. The average Bonchev–Trinajstić information content (AvgIpc) is 2.84. The maximum absolute atomic E-state index is 12.6. The van der Waals surface area contributed by atoms with Crippen LogP contribution in [0.15, 0.2) is 36.4 Å². The molecule has 3 rings (SSSR count). The predicted molar refractivity (Wildman–Crippen MR) is 95.6 cm³/mol. The van der Waals surface area contributed by atoms with Crippen LogP contribution in [0.25, 0.3) is 0 Å². The molecule has 6 nitrogen and oxygen atoms in total. The smallest absolute Gasteiger partial charge is 0.255 e. The molecule has 0 spiro atoms. The summed E-state index contributed by atoms with van der Waals surface area (Å²) in [4.78, 5) is 24.7. The third-order valence-corrected chi connectivity index (χ3v) is 4.43. The molecule has 130 valence electrons. The molecule has 2 amide bonds. The van der Waals surface area contributed by atoms with E-state index in [-0.39, 0.29) is 11.8 Å². The number of anilines is 2. The van der Waals surface area contributed by atoms with Gasteiger partial charge in [-0.25, -0.2) is 0 Å². The summed E-state index contributed by atoms with van der Waals surface area (Å²) >= 11 is 0. The Labute approximate surface area is 146 Å². The first kappa shape index (κ1) is 16.8. The number of hydrogen-bond acceptors (Lipinski definition) is 4. The topological polar surface area (TPSA) is 76.7 Å². The molecule has 0 aliphatic carbocycles. The van der Waals surface area contributed by atoms with Crippen LogP contribution >= 0.6 is 0 Å². The molecule has 6 heteroatoms. The van der Waals surface area contributed by atoms with Crippen LogP contribution in [0.2, 0.25) is 0 Å². The number of rotatable bonds is 4. The third kappa shape index (κ3) is 2.91. The minimum Gasteiger partial charge on any atom is -0.497 e. The van der Waals surface area contributed by atoms with Gasteiger partial charge in [0.2, 0.25) is 5.91 Å². The Bertz CT molecular complexity index is 858. The molecule has 0 atom stereocenters. The fraction of sp³-hybridized carbons (Fsp3) is 0.263. The van der Waals surface area contributed by atoms with Gasteiger partial charge in [-0.05, 0) is 49.7 Å². The lowest BCUT2D eigenvalue weighted by atomic mass is 9.85. The van der Waals surface area contributed by atoms with Crippen LogP contribution in [-0.2, 0) is 10.2 Å². The van der Waals surface area contributed by atoms with Gasteiger partial charge in [-0.1, -0.05) is 0 Å². The van der Waals surface area contributed by atoms with Gasteiger partial charge in [0.1, 0.15) is 11.5 Å². The molecule has 0 unspecified atom stereocenters. The van der Waals surface area contributed by atoms with E-state index in [4.69, 9.17) is 9.47 Å². The minimum atomic E-state index is -0.663. The number of carbonyl (C=O) groups excluding carboxylic acids is 2. The monoisotopic (exact) mass is 340 g/mol. The molecule has 1 aliphatic rings. The standard InChI is InChI=1S/C19H20N2O4/c1-19(2)13-9-11(5-7-14(13)21-18(19)23)17(22)20-15-8-6-12(24-3)10-16(15)25-4/h5-10H,1-4H3,(H,20,22)(H,21,23). The Balaban J connectivity index is 1.89. The average molecular weight is 340 g/mol. The highest BCUT2D eigenvalue weighted by Gasteiger charge is 2.38. The number of amides is 2. The molecule has 0 fully saturated rings. The maximum atomic E-state index is 12.6. The zero-order valence-corrected chi connectivity index (χ0v) is 14.6. The van der Waals surface area contributed by atoms with Crippen molar-refractivity contribution in [1.82, 2.24) is 0 Å². The highest BCUT2D eigenvalue weighted by Crippen LogP contribution is 2.38. The lowest BCUT2D eigenvalue weighted by Gasteiger charge is -2.16. The summed E-state index contributed by atoms with van der Waals surface area (Å²) in [5, 5.41) is 5.66. The second kappa shape index (κ2) is 6.12. The van der Waals surface area contributed by atoms with E-state index in [0.29, 0.717) is 22.7 Å². The van der Waals surface area contributed by atoms with E-state index in [0.717, 1.165) is 11.3 Å². The number of carbonyl (C=O) groups is 2. The van der Waals surface area contributed by atoms with Crippen molar-refractivity contribution in [1.29, 1.82) is 0 Å². The lowest BCUT2D eigenvalue weighted by molar-refractivity contribution is -0.119. The summed E-state index contributed by atoms with van der Waals surface area (Å²) in [5.41, 5.74) is 1.91. The van der Waals surface area contributed by atoms with Gasteiger partial charge < -0.3 is 20.1 Å². The number of fused-ring (bicyclic) bond motifs is 1. The molecule has 2 aromatic carbocycles. The van der Waals surface area contributed by atoms with Gasteiger partial charge in [-0.15, -0.1) is 0 Å². The van der Waals surface area contributed by atoms with E-state index in [1.54, 1.807) is 43.5 Å². The summed E-state index contributed by atoms with van der Waals surface area (Å²) < 4.78 is 10.4. The number of ether oxygens (including phenoxy) is 2. The van der Waals surface area contributed by atoms with Gasteiger partial charge in [0.05, 0.1) is 25.3 Å². The molecule has 2 aromatic rings. The molecule has 0 radical (unpaired) electrons. The Morgan fingerprint density at radius 3 is 2.52 bits per heavy atom. The first-order valence-corrected chi connectivity index (χ1v) is 7.86. The molecule has 0 saturated carbocycles. The highest BCUT2D eigenvalue weighted by atomic mass is 16.5. The number of methoxy groups -OCH3 is 2. The van der Waals surface area contributed by atoms with Crippen molar-refractivity contribution in [2.24, 2.45) is 0 Å². The van der Waals surface area contributed by atoms with Gasteiger partial charge in [-0.3, -0.25) is 9.59 Å². The fourth-order valence-electron chi connectivity index (χ4n) is 2.81. The summed E-state index contributed by atoms with van der Waals surface area (Å²) in [6, 6.07) is 10.3. The lowest BCUT2D eigenvalue weighted by Crippen LogP contribution is -2.27. The Hall–Kier alpha value is -3.02. The summed E-state index contributed by atoms with van der Waals surface area (Å²) in [6.45, 7) is 3.67. The molecule has 0 saturated heterocycles. The van der Waals surface area contributed by atoms with E-state index in [1.807, 2.05) is 13.8 Å². The van der Waals surface area contributed by atoms with Gasteiger partial charge >= 0.3 is 0 Å². The maximum Gasteiger partial charge on any atom is 0.255 e. The first-order chi connectivity index (χ1) is 11.9. The van der Waals surface area contributed by atoms with Gasteiger partial charge in [0, 0.05) is 17.3 Å². The largest absolute Gasteiger partial charge is 0.497 e. The molecular formula is C19H20N2O4. The fourth-order valence-corrected chi connectivity index (χ4v) is 2.81. The normalized spacial score (nSPS) is 14.5. The molecule has 0 aromatic heterocycles. The Morgan fingerprint density at radius 1 is 1.08 bits per heavy atom. The van der Waals surface area contributed by atoms with Crippen LogP contribution in [-0.4, -0.2) is 26.0 Å². The van der Waals surface area contributed by atoms with Crippen LogP contribution in [0.3, 0.4) is 0 Å². The van der Waals surface area contributed by atoms with E-state index in [1.165, 1.54) is 7.11 Å². The second-order valence-corrected chi connectivity index (χ2v) is 6.36. The van der Waals surface area contributed by atoms with E-state index < -0.39 is 5.41 Å². The van der Waals surface area contributed by atoms with Crippen molar-refractivity contribution in [3.63, 3.8) is 0 Å². The van der Waals surface area contributed by atoms with E-state index in [9.17, 15) is 9.59 Å². The van der Waals surface area contributed by atoms with Crippen LogP contribution in [0.4, 0.5) is 11.4 Å². The molecule has 1 heterocycles. The van der Waals surface area contributed by atoms with E-state index >= 15 is 0 Å². The Morgan fingerprint density at radius 2 is 1.84 bits per heavy atom. The van der Waals surface area contributed by atoms with E-state index in [2.05, 4.69) is 10.6 Å². The minimum absolute atomic E-state index is 0.0723.